The summed E-state index contributed by atoms with van der Waals surface area (Å²) in [7, 11) is 0. The van der Waals surface area contributed by atoms with Crippen LogP contribution in [-0.4, -0.2) is 54.5 Å². The number of hydrogen-bond acceptors (Lipinski definition) is 3. The van der Waals surface area contributed by atoms with Gasteiger partial charge in [-0.3, -0.25) is 4.79 Å². The van der Waals surface area contributed by atoms with Crippen LogP contribution in [0.4, 0.5) is 0 Å². The van der Waals surface area contributed by atoms with Gasteiger partial charge in [-0.25, -0.2) is 0 Å². The van der Waals surface area contributed by atoms with Crippen molar-refractivity contribution < 1.29 is 9.53 Å². The highest BCUT2D eigenvalue weighted by Crippen LogP contribution is 2.21. The number of ether oxygens (including phenoxy) is 1. The molecule has 0 bridgehead atoms. The van der Waals surface area contributed by atoms with Crippen molar-refractivity contribution in [3.8, 4) is 5.75 Å². The summed E-state index contributed by atoms with van der Waals surface area (Å²) in [6.07, 6.45) is 6.21. The Bertz CT molecular complexity index is 506. The molecule has 0 spiro atoms. The zero-order valence-corrected chi connectivity index (χ0v) is 14.3. The Morgan fingerprint density at radius 3 is 2.35 bits per heavy atom. The average molecular weight is 337 g/mol. The quantitative estimate of drug-likeness (QED) is 0.846. The maximum atomic E-state index is 12.3. The Balaban J connectivity index is 1.41. The molecule has 0 saturated carbocycles. The Labute approximate surface area is 143 Å². The second-order valence-electron chi connectivity index (χ2n) is 6.45. The van der Waals surface area contributed by atoms with Crippen molar-refractivity contribution in [1.82, 2.24) is 9.80 Å². The average Bonchev–Trinajstić information content (AvgIpc) is 2.62. The molecule has 23 heavy (non-hydrogen) atoms. The summed E-state index contributed by atoms with van der Waals surface area (Å²) in [5, 5.41) is 0.670. The van der Waals surface area contributed by atoms with Crippen molar-refractivity contribution in [2.24, 2.45) is 0 Å². The van der Waals surface area contributed by atoms with E-state index in [0.717, 1.165) is 25.9 Å². The van der Waals surface area contributed by atoms with E-state index < -0.39 is 0 Å². The maximum absolute atomic E-state index is 12.3. The first kappa shape index (κ1) is 16.6. The monoisotopic (exact) mass is 336 g/mol. The van der Waals surface area contributed by atoms with Gasteiger partial charge in [0.2, 0.25) is 0 Å². The third kappa shape index (κ3) is 4.61. The molecule has 1 aromatic rings. The molecule has 2 saturated heterocycles. The van der Waals surface area contributed by atoms with Gasteiger partial charge in [0, 0.05) is 24.2 Å². The Kier molecular flexibility index (Phi) is 5.79. The van der Waals surface area contributed by atoms with E-state index in [0.29, 0.717) is 16.8 Å². The lowest BCUT2D eigenvalue weighted by atomic mass is 10.00. The van der Waals surface area contributed by atoms with Gasteiger partial charge in [0.25, 0.3) is 5.91 Å². The van der Waals surface area contributed by atoms with E-state index in [2.05, 4.69) is 4.90 Å². The van der Waals surface area contributed by atoms with Gasteiger partial charge in [-0.15, -0.1) is 0 Å². The minimum absolute atomic E-state index is 0.0806. The van der Waals surface area contributed by atoms with E-state index in [1.165, 1.54) is 32.4 Å². The zero-order chi connectivity index (χ0) is 16.1. The van der Waals surface area contributed by atoms with Gasteiger partial charge in [0.05, 0.1) is 0 Å². The molecule has 2 aliphatic heterocycles. The summed E-state index contributed by atoms with van der Waals surface area (Å²) in [6, 6.07) is 7.78. The molecule has 0 aromatic heterocycles. The predicted octanol–water partition coefficient (Wildman–Crippen LogP) is 3.20. The van der Waals surface area contributed by atoms with Gasteiger partial charge < -0.3 is 14.5 Å². The number of carbonyl (C=O) groups excluding carboxylic acids is 1. The highest BCUT2D eigenvalue weighted by molar-refractivity contribution is 6.30. The third-order valence-electron chi connectivity index (χ3n) is 4.90. The summed E-state index contributed by atoms with van der Waals surface area (Å²) >= 11 is 5.84. The molecule has 5 heteroatoms. The fourth-order valence-electron chi connectivity index (χ4n) is 3.53. The Morgan fingerprint density at radius 2 is 1.70 bits per heavy atom. The number of carbonyl (C=O) groups is 1. The van der Waals surface area contributed by atoms with Crippen LogP contribution in [0, 0.1) is 0 Å². The molecule has 1 amide bonds. The number of amides is 1. The largest absolute Gasteiger partial charge is 0.484 e. The molecule has 2 heterocycles. The van der Waals surface area contributed by atoms with E-state index in [1.54, 1.807) is 24.3 Å². The van der Waals surface area contributed by atoms with Crippen LogP contribution in [0.2, 0.25) is 5.02 Å². The second-order valence-corrected chi connectivity index (χ2v) is 6.89. The highest BCUT2D eigenvalue weighted by Gasteiger charge is 2.27. The molecule has 126 valence electrons. The summed E-state index contributed by atoms with van der Waals surface area (Å²) in [4.78, 5) is 16.8. The van der Waals surface area contributed by atoms with Crippen LogP contribution in [0.3, 0.4) is 0 Å². The lowest BCUT2D eigenvalue weighted by molar-refractivity contribution is -0.135. The van der Waals surface area contributed by atoms with Crippen LogP contribution >= 0.6 is 11.6 Å². The van der Waals surface area contributed by atoms with Crippen LogP contribution in [0.25, 0.3) is 0 Å². The Hall–Kier alpha value is -1.26. The van der Waals surface area contributed by atoms with Crippen molar-refractivity contribution in [2.45, 2.75) is 38.1 Å². The number of hydrogen-bond donors (Lipinski definition) is 0. The third-order valence-corrected chi connectivity index (χ3v) is 5.15. The minimum Gasteiger partial charge on any atom is -0.484 e. The number of benzene rings is 1. The lowest BCUT2D eigenvalue weighted by Gasteiger charge is -2.40. The van der Waals surface area contributed by atoms with Crippen molar-refractivity contribution >= 4 is 17.5 Å². The fourth-order valence-corrected chi connectivity index (χ4v) is 3.66. The van der Waals surface area contributed by atoms with Crippen LogP contribution in [0.1, 0.15) is 32.1 Å². The van der Waals surface area contributed by atoms with Crippen molar-refractivity contribution in [3.63, 3.8) is 0 Å². The van der Waals surface area contributed by atoms with Crippen molar-refractivity contribution in [3.05, 3.63) is 29.3 Å². The fraction of sp³-hybridized carbons (Fsp3) is 0.611. The molecule has 1 aromatic carbocycles. The molecule has 2 aliphatic rings. The molecule has 0 radical (unpaired) electrons. The van der Waals surface area contributed by atoms with E-state index in [4.69, 9.17) is 16.3 Å². The van der Waals surface area contributed by atoms with Gasteiger partial charge in [-0.2, -0.15) is 0 Å². The number of nitrogens with zero attached hydrogens (tertiary/aromatic N) is 2. The minimum atomic E-state index is 0.0806. The molecule has 2 fully saturated rings. The number of piperidine rings is 2. The summed E-state index contributed by atoms with van der Waals surface area (Å²) < 4.78 is 5.56. The first-order chi connectivity index (χ1) is 11.2. The van der Waals surface area contributed by atoms with Crippen molar-refractivity contribution in [2.75, 3.05) is 32.8 Å². The molecular formula is C18H25ClN2O2. The maximum Gasteiger partial charge on any atom is 0.260 e. The normalized spacial score (nSPS) is 20.5. The van der Waals surface area contributed by atoms with Gasteiger partial charge >= 0.3 is 0 Å². The van der Waals surface area contributed by atoms with Crippen LogP contribution in [0.5, 0.6) is 5.75 Å². The summed E-state index contributed by atoms with van der Waals surface area (Å²) in [6.45, 7) is 4.28. The van der Waals surface area contributed by atoms with Crippen molar-refractivity contribution in [1.29, 1.82) is 0 Å². The molecule has 3 rings (SSSR count). The van der Waals surface area contributed by atoms with Gasteiger partial charge in [0.1, 0.15) is 5.75 Å². The molecular weight excluding hydrogens is 312 g/mol. The number of rotatable bonds is 4. The topological polar surface area (TPSA) is 32.8 Å². The van der Waals surface area contributed by atoms with E-state index in [9.17, 15) is 4.79 Å². The van der Waals surface area contributed by atoms with Gasteiger partial charge in [-0.05, 0) is 63.0 Å². The van der Waals surface area contributed by atoms with Crippen LogP contribution < -0.4 is 4.74 Å². The first-order valence-corrected chi connectivity index (χ1v) is 9.00. The lowest BCUT2D eigenvalue weighted by Crippen LogP contribution is -2.49. The van der Waals surface area contributed by atoms with Crippen LogP contribution in [0.15, 0.2) is 24.3 Å². The number of halogens is 1. The molecule has 0 N–H and O–H groups in total. The second kappa shape index (κ2) is 8.02. The van der Waals surface area contributed by atoms with E-state index in [-0.39, 0.29) is 12.5 Å². The smallest absolute Gasteiger partial charge is 0.260 e. The van der Waals surface area contributed by atoms with Crippen LogP contribution in [-0.2, 0) is 4.79 Å². The summed E-state index contributed by atoms with van der Waals surface area (Å²) in [5.74, 6) is 0.767. The highest BCUT2D eigenvalue weighted by atomic mass is 35.5. The molecule has 0 aliphatic carbocycles. The van der Waals surface area contributed by atoms with E-state index >= 15 is 0 Å². The zero-order valence-electron chi connectivity index (χ0n) is 13.5. The molecule has 4 nitrogen and oxygen atoms in total. The molecule has 0 atom stereocenters. The SMILES string of the molecule is O=C(COc1ccc(Cl)cc1)N1CCC(N2CCCCC2)CC1. The summed E-state index contributed by atoms with van der Waals surface area (Å²) in [5.41, 5.74) is 0. The predicted molar refractivity (Wildman–Crippen MR) is 92.0 cm³/mol. The Morgan fingerprint density at radius 1 is 1.04 bits per heavy atom. The number of likely N-dealkylation sites (tertiary alicyclic amines) is 2. The first-order valence-electron chi connectivity index (χ1n) is 8.62. The van der Waals surface area contributed by atoms with Gasteiger partial charge in [-0.1, -0.05) is 18.0 Å². The molecule has 0 unspecified atom stereocenters. The van der Waals surface area contributed by atoms with E-state index in [1.807, 2.05) is 4.90 Å². The standard InChI is InChI=1S/C18H25ClN2O2/c19-15-4-6-17(7-5-15)23-14-18(22)21-12-8-16(9-13-21)20-10-2-1-3-11-20/h4-7,16H,1-3,8-14H2. The van der Waals surface area contributed by atoms with Gasteiger partial charge in [0.15, 0.2) is 6.61 Å².